The van der Waals surface area contributed by atoms with Gasteiger partial charge in [0.25, 0.3) is 0 Å². The standard InChI is InChI=1S/C20H33N5O3.HI/c1-21-20(22-9-6-14-28-16-15-27-2)23-17-19(26)25-12-10-24(11-13-25)18-7-4-3-5-8-18;/h3-5,7-8H,6,9-17H2,1-2H3,(H2,21,22,23);1H. The summed E-state index contributed by atoms with van der Waals surface area (Å²) < 4.78 is 10.3. The SMILES string of the molecule is CN=C(NCCCOCCOC)NCC(=O)N1CCN(c2ccccc2)CC1.I. The van der Waals surface area contributed by atoms with E-state index in [-0.39, 0.29) is 36.4 Å². The molecule has 0 bridgehead atoms. The van der Waals surface area contributed by atoms with Gasteiger partial charge in [0.2, 0.25) is 5.91 Å². The third kappa shape index (κ3) is 9.64. The first-order chi connectivity index (χ1) is 13.7. The van der Waals surface area contributed by atoms with Gasteiger partial charge in [-0.2, -0.15) is 0 Å². The number of nitrogens with zero attached hydrogens (tertiary/aromatic N) is 3. The number of halogens is 1. The molecule has 1 aromatic rings. The van der Waals surface area contributed by atoms with E-state index >= 15 is 0 Å². The van der Waals surface area contributed by atoms with Gasteiger partial charge in [0.1, 0.15) is 0 Å². The van der Waals surface area contributed by atoms with Gasteiger partial charge >= 0.3 is 0 Å². The van der Waals surface area contributed by atoms with E-state index in [2.05, 4.69) is 32.7 Å². The minimum atomic E-state index is 0. The van der Waals surface area contributed by atoms with Gasteiger partial charge in [0.05, 0.1) is 19.8 Å². The van der Waals surface area contributed by atoms with Crippen LogP contribution in [0.15, 0.2) is 35.3 Å². The summed E-state index contributed by atoms with van der Waals surface area (Å²) in [5.74, 6) is 0.728. The molecule has 29 heavy (non-hydrogen) atoms. The van der Waals surface area contributed by atoms with Crippen LogP contribution in [0.5, 0.6) is 0 Å². The monoisotopic (exact) mass is 519 g/mol. The molecule has 0 unspecified atom stereocenters. The summed E-state index contributed by atoms with van der Waals surface area (Å²) in [6.45, 7) is 6.04. The van der Waals surface area contributed by atoms with Crippen LogP contribution in [0.3, 0.4) is 0 Å². The molecule has 1 fully saturated rings. The summed E-state index contributed by atoms with van der Waals surface area (Å²) in [6.07, 6.45) is 0.861. The van der Waals surface area contributed by atoms with Crippen molar-refractivity contribution in [2.75, 3.05) is 78.1 Å². The molecule has 1 aliphatic heterocycles. The van der Waals surface area contributed by atoms with Crippen LogP contribution in [0.2, 0.25) is 0 Å². The molecule has 1 saturated heterocycles. The predicted molar refractivity (Wildman–Crippen MR) is 127 cm³/mol. The molecule has 0 saturated carbocycles. The normalized spacial score (nSPS) is 14.3. The molecular formula is C20H34IN5O3. The molecule has 164 valence electrons. The Labute approximate surface area is 191 Å². The molecule has 1 aromatic carbocycles. The largest absolute Gasteiger partial charge is 0.382 e. The summed E-state index contributed by atoms with van der Waals surface area (Å²) >= 11 is 0. The highest BCUT2D eigenvalue weighted by Crippen LogP contribution is 2.15. The lowest BCUT2D eigenvalue weighted by atomic mass is 10.2. The fraction of sp³-hybridized carbons (Fsp3) is 0.600. The summed E-state index contributed by atoms with van der Waals surface area (Å²) in [5.41, 5.74) is 1.21. The number of para-hydroxylation sites is 1. The third-order valence-corrected chi connectivity index (χ3v) is 4.57. The zero-order valence-electron chi connectivity index (χ0n) is 17.4. The number of hydrogen-bond acceptors (Lipinski definition) is 5. The summed E-state index contributed by atoms with van der Waals surface area (Å²) in [6, 6.07) is 10.3. The number of aliphatic imine (C=N–C) groups is 1. The van der Waals surface area contributed by atoms with Crippen LogP contribution < -0.4 is 15.5 Å². The smallest absolute Gasteiger partial charge is 0.242 e. The van der Waals surface area contributed by atoms with E-state index in [1.807, 2.05) is 23.1 Å². The molecule has 0 aliphatic carbocycles. The van der Waals surface area contributed by atoms with Crippen LogP contribution in [0.25, 0.3) is 0 Å². The Balaban J connectivity index is 0.00000420. The molecular weight excluding hydrogens is 485 g/mol. The van der Waals surface area contributed by atoms with Crippen molar-refractivity contribution in [2.24, 2.45) is 4.99 Å². The molecule has 9 heteroatoms. The van der Waals surface area contributed by atoms with Crippen molar-refractivity contribution in [1.29, 1.82) is 0 Å². The van der Waals surface area contributed by atoms with E-state index in [4.69, 9.17) is 9.47 Å². The van der Waals surface area contributed by atoms with Crippen molar-refractivity contribution in [1.82, 2.24) is 15.5 Å². The van der Waals surface area contributed by atoms with Gasteiger partial charge in [0.15, 0.2) is 5.96 Å². The fourth-order valence-corrected chi connectivity index (χ4v) is 2.97. The Kier molecular flexibility index (Phi) is 13.4. The van der Waals surface area contributed by atoms with Crippen LogP contribution >= 0.6 is 24.0 Å². The molecule has 1 amide bonds. The van der Waals surface area contributed by atoms with E-state index in [0.717, 1.165) is 39.1 Å². The molecule has 2 N–H and O–H groups in total. The van der Waals surface area contributed by atoms with Gasteiger partial charge in [-0.3, -0.25) is 9.79 Å². The topological polar surface area (TPSA) is 78.4 Å². The predicted octanol–water partition coefficient (Wildman–Crippen LogP) is 1.17. The van der Waals surface area contributed by atoms with Crippen molar-refractivity contribution in [3.05, 3.63) is 30.3 Å². The van der Waals surface area contributed by atoms with E-state index in [1.165, 1.54) is 5.69 Å². The second-order valence-electron chi connectivity index (χ2n) is 6.51. The number of nitrogens with one attached hydrogen (secondary N) is 2. The number of methoxy groups -OCH3 is 1. The van der Waals surface area contributed by atoms with E-state index < -0.39 is 0 Å². The zero-order chi connectivity index (χ0) is 20.0. The van der Waals surface area contributed by atoms with Crippen LogP contribution in [0.1, 0.15) is 6.42 Å². The quantitative estimate of drug-likeness (QED) is 0.209. The zero-order valence-corrected chi connectivity index (χ0v) is 19.8. The van der Waals surface area contributed by atoms with Gasteiger partial charge < -0.3 is 29.9 Å². The number of carbonyl (C=O) groups excluding carboxylic acids is 1. The average Bonchev–Trinajstić information content (AvgIpc) is 2.75. The third-order valence-electron chi connectivity index (χ3n) is 4.57. The second kappa shape index (κ2) is 15.3. The highest BCUT2D eigenvalue weighted by atomic mass is 127. The number of carbonyl (C=O) groups is 1. The maximum atomic E-state index is 12.5. The number of amides is 1. The number of hydrogen-bond donors (Lipinski definition) is 2. The van der Waals surface area contributed by atoms with Gasteiger partial charge in [-0.1, -0.05) is 18.2 Å². The molecule has 2 rings (SSSR count). The lowest BCUT2D eigenvalue weighted by Gasteiger charge is -2.36. The first-order valence-corrected chi connectivity index (χ1v) is 9.83. The fourth-order valence-electron chi connectivity index (χ4n) is 2.97. The second-order valence-corrected chi connectivity index (χ2v) is 6.51. The number of piperazine rings is 1. The van der Waals surface area contributed by atoms with Gasteiger partial charge in [-0.25, -0.2) is 0 Å². The Hall–Kier alpha value is -1.59. The van der Waals surface area contributed by atoms with Crippen molar-refractivity contribution in [3.8, 4) is 0 Å². The molecule has 8 nitrogen and oxygen atoms in total. The highest BCUT2D eigenvalue weighted by molar-refractivity contribution is 14.0. The van der Waals surface area contributed by atoms with Gasteiger partial charge in [-0.15, -0.1) is 24.0 Å². The van der Waals surface area contributed by atoms with E-state index in [1.54, 1.807) is 14.2 Å². The number of benzene rings is 1. The van der Waals surface area contributed by atoms with E-state index in [9.17, 15) is 4.79 Å². The molecule has 0 aromatic heterocycles. The number of guanidine groups is 1. The molecule has 0 atom stereocenters. The molecule has 1 heterocycles. The van der Waals surface area contributed by atoms with Crippen LogP contribution in [0.4, 0.5) is 5.69 Å². The Morgan fingerprint density at radius 2 is 1.79 bits per heavy atom. The first-order valence-electron chi connectivity index (χ1n) is 9.83. The molecule has 1 aliphatic rings. The van der Waals surface area contributed by atoms with Crippen molar-refractivity contribution < 1.29 is 14.3 Å². The molecule has 0 spiro atoms. The lowest BCUT2D eigenvalue weighted by Crippen LogP contribution is -2.52. The highest BCUT2D eigenvalue weighted by Gasteiger charge is 2.21. The summed E-state index contributed by atoms with van der Waals surface area (Å²) in [7, 11) is 3.36. The first kappa shape index (κ1) is 25.4. The summed E-state index contributed by atoms with van der Waals surface area (Å²) in [4.78, 5) is 20.8. The Morgan fingerprint density at radius 3 is 2.45 bits per heavy atom. The summed E-state index contributed by atoms with van der Waals surface area (Å²) in [5, 5.41) is 6.29. The lowest BCUT2D eigenvalue weighted by molar-refractivity contribution is -0.130. The van der Waals surface area contributed by atoms with Crippen LogP contribution in [0, 0.1) is 0 Å². The maximum Gasteiger partial charge on any atom is 0.242 e. The van der Waals surface area contributed by atoms with Gasteiger partial charge in [-0.05, 0) is 18.6 Å². The Morgan fingerprint density at radius 1 is 1.07 bits per heavy atom. The Bertz CT molecular complexity index is 595. The van der Waals surface area contributed by atoms with Crippen molar-refractivity contribution in [2.45, 2.75) is 6.42 Å². The maximum absolute atomic E-state index is 12.5. The van der Waals surface area contributed by atoms with Crippen molar-refractivity contribution >= 4 is 41.5 Å². The van der Waals surface area contributed by atoms with Crippen molar-refractivity contribution in [3.63, 3.8) is 0 Å². The van der Waals surface area contributed by atoms with Crippen LogP contribution in [-0.4, -0.2) is 90.0 Å². The van der Waals surface area contributed by atoms with E-state index in [0.29, 0.717) is 25.8 Å². The number of anilines is 1. The van der Waals surface area contributed by atoms with Gasteiger partial charge in [0, 0.05) is 59.2 Å². The number of rotatable bonds is 10. The average molecular weight is 519 g/mol. The van der Waals surface area contributed by atoms with Crippen LogP contribution in [-0.2, 0) is 14.3 Å². The molecule has 0 radical (unpaired) electrons. The minimum absolute atomic E-state index is 0. The minimum Gasteiger partial charge on any atom is -0.382 e. The number of ether oxygens (including phenoxy) is 2.